The average molecular weight is 258 g/mol. The fourth-order valence-electron chi connectivity index (χ4n) is 2.65. The molecule has 0 saturated carbocycles. The van der Waals surface area contributed by atoms with Gasteiger partial charge in [-0.2, -0.15) is 0 Å². The van der Waals surface area contributed by atoms with Crippen LogP contribution in [0.4, 0.5) is 0 Å². The van der Waals surface area contributed by atoms with Gasteiger partial charge in [0.15, 0.2) is 0 Å². The zero-order valence-corrected chi connectivity index (χ0v) is 13.4. The molecule has 0 aliphatic carbocycles. The molecule has 0 unspecified atom stereocenters. The van der Waals surface area contributed by atoms with Gasteiger partial charge >= 0.3 is 0 Å². The summed E-state index contributed by atoms with van der Waals surface area (Å²) in [6.45, 7) is 11.7. The molecule has 0 aromatic heterocycles. The minimum absolute atomic E-state index is 0.677. The van der Waals surface area contributed by atoms with Crippen molar-refractivity contribution in [2.75, 3.05) is 0 Å². The minimum atomic E-state index is -1.44. The third kappa shape index (κ3) is 3.71. The van der Waals surface area contributed by atoms with Crippen LogP contribution in [0.25, 0.3) is 0 Å². The van der Waals surface area contributed by atoms with E-state index in [1.54, 1.807) is 5.19 Å². The van der Waals surface area contributed by atoms with E-state index < -0.39 is 8.07 Å². The summed E-state index contributed by atoms with van der Waals surface area (Å²) in [6.07, 6.45) is 8.84. The molecule has 0 saturated heterocycles. The van der Waals surface area contributed by atoms with Gasteiger partial charge in [0.2, 0.25) is 0 Å². The maximum atomic E-state index is 2.48. The highest BCUT2D eigenvalue weighted by Crippen LogP contribution is 2.31. The maximum absolute atomic E-state index is 2.48. The van der Waals surface area contributed by atoms with Crippen LogP contribution >= 0.6 is 0 Å². The summed E-state index contributed by atoms with van der Waals surface area (Å²) in [6, 6.07) is 11.0. The Morgan fingerprint density at radius 2 is 1.61 bits per heavy atom. The third-order valence-corrected chi connectivity index (χ3v) is 8.04. The van der Waals surface area contributed by atoms with Gasteiger partial charge in [-0.3, -0.25) is 0 Å². The number of benzene rings is 1. The van der Waals surface area contributed by atoms with Gasteiger partial charge in [0.25, 0.3) is 0 Å². The average Bonchev–Trinajstić information content (AvgIpc) is 2.35. The lowest BCUT2D eigenvalue weighted by Crippen LogP contribution is -2.47. The Morgan fingerprint density at radius 3 is 2.11 bits per heavy atom. The predicted octanol–water partition coefficient (Wildman–Crippen LogP) is 4.76. The van der Waals surface area contributed by atoms with Gasteiger partial charge < -0.3 is 0 Å². The SMILES string of the molecule is C/C=C/C=C\[C@H](C(C)C)[Si](C)(C)c1ccccc1. The topological polar surface area (TPSA) is 0 Å². The van der Waals surface area contributed by atoms with E-state index in [0.717, 1.165) is 0 Å². The van der Waals surface area contributed by atoms with E-state index in [1.807, 2.05) is 0 Å². The lowest BCUT2D eigenvalue weighted by atomic mass is 10.1. The molecular weight excluding hydrogens is 232 g/mol. The number of allylic oxidation sites excluding steroid dienone is 4. The molecule has 1 rings (SSSR count). The second-order valence-corrected chi connectivity index (χ2v) is 10.5. The largest absolute Gasteiger partial charge is 0.0877 e. The van der Waals surface area contributed by atoms with E-state index in [1.165, 1.54) is 0 Å². The van der Waals surface area contributed by atoms with E-state index in [9.17, 15) is 0 Å². The van der Waals surface area contributed by atoms with Crippen molar-refractivity contribution in [2.24, 2.45) is 5.92 Å². The quantitative estimate of drug-likeness (QED) is 0.527. The molecule has 18 heavy (non-hydrogen) atoms. The third-order valence-electron chi connectivity index (χ3n) is 3.69. The van der Waals surface area contributed by atoms with Gasteiger partial charge in [0, 0.05) is 0 Å². The van der Waals surface area contributed by atoms with Crippen LogP contribution in [0.2, 0.25) is 18.6 Å². The standard InChI is InChI=1S/C17H26Si/c1-6-7-9-14-17(15(2)3)18(4,5)16-12-10-8-11-13-16/h6-15,17H,1-5H3/b7-6+,14-9-/t17-/m1/s1. The Hall–Kier alpha value is -1.08. The molecule has 0 aliphatic rings. The van der Waals surface area contributed by atoms with E-state index in [0.29, 0.717) is 11.5 Å². The van der Waals surface area contributed by atoms with Gasteiger partial charge in [-0.1, -0.05) is 86.8 Å². The van der Waals surface area contributed by atoms with Crippen molar-refractivity contribution in [3.05, 3.63) is 54.6 Å². The highest BCUT2D eigenvalue weighted by Gasteiger charge is 2.33. The van der Waals surface area contributed by atoms with E-state index in [2.05, 4.69) is 88.5 Å². The molecule has 0 spiro atoms. The van der Waals surface area contributed by atoms with Crippen LogP contribution in [-0.2, 0) is 0 Å². The van der Waals surface area contributed by atoms with Crippen LogP contribution in [0.1, 0.15) is 20.8 Å². The summed E-state index contributed by atoms with van der Waals surface area (Å²) in [4.78, 5) is 0. The van der Waals surface area contributed by atoms with E-state index in [4.69, 9.17) is 0 Å². The maximum Gasteiger partial charge on any atom is 0.0876 e. The second-order valence-electron chi connectivity index (χ2n) is 5.77. The highest BCUT2D eigenvalue weighted by molar-refractivity contribution is 6.91. The summed E-state index contributed by atoms with van der Waals surface area (Å²) in [5.41, 5.74) is 0.677. The van der Waals surface area contributed by atoms with Gasteiger partial charge in [-0.15, -0.1) is 0 Å². The molecule has 1 aromatic rings. The molecule has 0 heterocycles. The fraction of sp³-hybridized carbons (Fsp3) is 0.412. The van der Waals surface area contributed by atoms with E-state index >= 15 is 0 Å². The number of hydrogen-bond acceptors (Lipinski definition) is 0. The van der Waals surface area contributed by atoms with Crippen molar-refractivity contribution in [1.82, 2.24) is 0 Å². The van der Waals surface area contributed by atoms with Crippen LogP contribution < -0.4 is 5.19 Å². The van der Waals surface area contributed by atoms with Gasteiger partial charge in [-0.05, 0) is 18.4 Å². The molecule has 0 nitrogen and oxygen atoms in total. The first-order chi connectivity index (χ1) is 8.50. The molecule has 1 aromatic carbocycles. The van der Waals surface area contributed by atoms with Crippen molar-refractivity contribution in [1.29, 1.82) is 0 Å². The van der Waals surface area contributed by atoms with Crippen LogP contribution in [0.3, 0.4) is 0 Å². The molecule has 1 heteroatoms. The van der Waals surface area contributed by atoms with Crippen molar-refractivity contribution in [3.63, 3.8) is 0 Å². The van der Waals surface area contributed by atoms with Gasteiger partial charge in [-0.25, -0.2) is 0 Å². The van der Waals surface area contributed by atoms with Gasteiger partial charge in [0.1, 0.15) is 0 Å². The van der Waals surface area contributed by atoms with Crippen LogP contribution in [0.5, 0.6) is 0 Å². The van der Waals surface area contributed by atoms with Crippen LogP contribution in [0, 0.1) is 5.92 Å². The Morgan fingerprint density at radius 1 is 1.00 bits per heavy atom. The number of hydrogen-bond donors (Lipinski definition) is 0. The van der Waals surface area contributed by atoms with Crippen molar-refractivity contribution >= 4 is 13.3 Å². The lowest BCUT2D eigenvalue weighted by molar-refractivity contribution is 0.647. The summed E-state index contributed by atoms with van der Waals surface area (Å²) < 4.78 is 0. The number of rotatable bonds is 5. The Balaban J connectivity index is 3.04. The first kappa shape index (κ1) is 15.0. The normalized spacial score (nSPS) is 14.8. The lowest BCUT2D eigenvalue weighted by Gasteiger charge is -2.34. The Bertz CT molecular complexity index is 399. The van der Waals surface area contributed by atoms with E-state index in [-0.39, 0.29) is 0 Å². The zero-order chi connectivity index (χ0) is 13.6. The molecule has 0 amide bonds. The predicted molar refractivity (Wildman–Crippen MR) is 86.1 cm³/mol. The Labute approximate surface area is 113 Å². The minimum Gasteiger partial charge on any atom is -0.0877 e. The summed E-state index contributed by atoms with van der Waals surface area (Å²) in [5, 5.41) is 1.55. The van der Waals surface area contributed by atoms with Crippen molar-refractivity contribution < 1.29 is 0 Å². The zero-order valence-electron chi connectivity index (χ0n) is 12.4. The highest BCUT2D eigenvalue weighted by atomic mass is 28.3. The smallest absolute Gasteiger partial charge is 0.0876 e. The molecule has 0 bridgehead atoms. The fourth-order valence-corrected chi connectivity index (χ4v) is 6.35. The summed E-state index contributed by atoms with van der Waals surface area (Å²) >= 11 is 0. The monoisotopic (exact) mass is 258 g/mol. The molecule has 0 radical (unpaired) electrons. The molecule has 1 atom stereocenters. The van der Waals surface area contributed by atoms with Crippen molar-refractivity contribution in [2.45, 2.75) is 39.4 Å². The van der Waals surface area contributed by atoms with Crippen molar-refractivity contribution in [3.8, 4) is 0 Å². The molecular formula is C17H26Si. The summed E-state index contributed by atoms with van der Waals surface area (Å²) in [5.74, 6) is 0.688. The first-order valence-electron chi connectivity index (χ1n) is 6.85. The summed E-state index contributed by atoms with van der Waals surface area (Å²) in [7, 11) is -1.44. The van der Waals surface area contributed by atoms with Crippen LogP contribution in [0.15, 0.2) is 54.6 Å². The molecule has 0 N–H and O–H groups in total. The Kier molecular flexibility index (Phi) is 5.61. The second kappa shape index (κ2) is 6.74. The molecule has 98 valence electrons. The molecule has 0 fully saturated rings. The van der Waals surface area contributed by atoms with Gasteiger partial charge in [0.05, 0.1) is 8.07 Å². The van der Waals surface area contributed by atoms with Crippen LogP contribution in [-0.4, -0.2) is 8.07 Å². The first-order valence-corrected chi connectivity index (χ1v) is 9.93. The molecule has 0 aliphatic heterocycles.